The molecule has 2 aromatic rings. The van der Waals surface area contributed by atoms with Gasteiger partial charge in [0.15, 0.2) is 0 Å². The van der Waals surface area contributed by atoms with E-state index in [0.29, 0.717) is 30.3 Å². The minimum Gasteiger partial charge on any atom is -0.338 e. The lowest BCUT2D eigenvalue weighted by atomic mass is 10.1. The fourth-order valence-corrected chi connectivity index (χ4v) is 4.39. The average molecular weight is 424 g/mol. The lowest BCUT2D eigenvalue weighted by Crippen LogP contribution is -2.30. The van der Waals surface area contributed by atoms with Crippen LogP contribution in [-0.2, 0) is 10.0 Å². The van der Waals surface area contributed by atoms with Gasteiger partial charge in [-0.15, -0.1) is 12.4 Å². The van der Waals surface area contributed by atoms with Crippen LogP contribution >= 0.6 is 12.4 Å². The van der Waals surface area contributed by atoms with E-state index >= 15 is 0 Å². The summed E-state index contributed by atoms with van der Waals surface area (Å²) in [7, 11) is -1.85. The zero-order valence-electron chi connectivity index (χ0n) is 16.0. The summed E-state index contributed by atoms with van der Waals surface area (Å²) >= 11 is 0. The first-order chi connectivity index (χ1) is 12.9. The Kier molecular flexibility index (Phi) is 7.46. The van der Waals surface area contributed by atoms with E-state index in [9.17, 15) is 13.2 Å². The molecule has 6 nitrogen and oxygen atoms in total. The molecular weight excluding hydrogens is 398 g/mol. The molecule has 0 saturated carbocycles. The lowest BCUT2D eigenvalue weighted by Gasteiger charge is -2.17. The predicted molar refractivity (Wildman–Crippen MR) is 114 cm³/mol. The molecule has 1 amide bonds. The Bertz CT molecular complexity index is 917. The van der Waals surface area contributed by atoms with E-state index < -0.39 is 10.0 Å². The number of halogens is 1. The Hall–Kier alpha value is -2.09. The van der Waals surface area contributed by atoms with Crippen molar-refractivity contribution in [3.8, 4) is 0 Å². The SMILES string of the molecule is CNCC1CCN(C(=O)c2cccc(S(=O)(=O)Nc3ccc(C)cc3)c2)C1.Cl. The van der Waals surface area contributed by atoms with Crippen LogP contribution in [0.3, 0.4) is 0 Å². The number of anilines is 1. The van der Waals surface area contributed by atoms with E-state index in [4.69, 9.17) is 0 Å². The van der Waals surface area contributed by atoms with Gasteiger partial charge in [0.2, 0.25) is 0 Å². The third-order valence-electron chi connectivity index (χ3n) is 4.76. The van der Waals surface area contributed by atoms with E-state index in [0.717, 1.165) is 18.5 Å². The Morgan fingerprint density at radius 1 is 1.18 bits per heavy atom. The second-order valence-corrected chi connectivity index (χ2v) is 8.65. The third-order valence-corrected chi connectivity index (χ3v) is 6.14. The molecule has 3 rings (SSSR count). The zero-order valence-corrected chi connectivity index (χ0v) is 17.6. The summed E-state index contributed by atoms with van der Waals surface area (Å²) < 4.78 is 27.9. The molecule has 28 heavy (non-hydrogen) atoms. The molecule has 1 unspecified atom stereocenters. The van der Waals surface area contributed by atoms with Crippen LogP contribution in [0.25, 0.3) is 0 Å². The Morgan fingerprint density at radius 3 is 2.57 bits per heavy atom. The molecule has 1 aliphatic rings. The summed E-state index contributed by atoms with van der Waals surface area (Å²) in [5, 5.41) is 3.14. The third kappa shape index (κ3) is 5.25. The minimum absolute atomic E-state index is 0. The van der Waals surface area contributed by atoms with Crippen LogP contribution in [0.15, 0.2) is 53.4 Å². The summed E-state index contributed by atoms with van der Waals surface area (Å²) in [6, 6.07) is 13.3. The Balaban J connectivity index is 0.00000280. The number of hydrogen-bond donors (Lipinski definition) is 2. The van der Waals surface area contributed by atoms with Crippen LogP contribution < -0.4 is 10.0 Å². The van der Waals surface area contributed by atoms with Crippen molar-refractivity contribution in [2.75, 3.05) is 31.4 Å². The number of benzene rings is 2. The van der Waals surface area contributed by atoms with Gasteiger partial charge in [0, 0.05) is 24.3 Å². The quantitative estimate of drug-likeness (QED) is 0.748. The molecule has 8 heteroatoms. The molecule has 0 radical (unpaired) electrons. The minimum atomic E-state index is -3.76. The van der Waals surface area contributed by atoms with Crippen LogP contribution in [0.2, 0.25) is 0 Å². The van der Waals surface area contributed by atoms with Gasteiger partial charge in [0.25, 0.3) is 15.9 Å². The van der Waals surface area contributed by atoms with Gasteiger partial charge in [-0.1, -0.05) is 23.8 Å². The fourth-order valence-electron chi connectivity index (χ4n) is 3.29. The summed E-state index contributed by atoms with van der Waals surface area (Å²) in [5.41, 5.74) is 1.94. The van der Waals surface area contributed by atoms with Gasteiger partial charge in [-0.25, -0.2) is 8.42 Å². The highest BCUT2D eigenvalue weighted by molar-refractivity contribution is 7.92. The summed E-state index contributed by atoms with van der Waals surface area (Å²) in [4.78, 5) is 14.6. The van der Waals surface area contributed by atoms with E-state index in [1.807, 2.05) is 26.1 Å². The highest BCUT2D eigenvalue weighted by atomic mass is 35.5. The highest BCUT2D eigenvalue weighted by Crippen LogP contribution is 2.21. The molecule has 2 N–H and O–H groups in total. The number of nitrogens with zero attached hydrogens (tertiary/aromatic N) is 1. The molecule has 1 atom stereocenters. The number of nitrogens with one attached hydrogen (secondary N) is 2. The van der Waals surface area contributed by atoms with Gasteiger partial charge < -0.3 is 10.2 Å². The Labute approximate surface area is 172 Å². The van der Waals surface area contributed by atoms with Crippen molar-refractivity contribution in [3.63, 3.8) is 0 Å². The number of likely N-dealkylation sites (tertiary alicyclic amines) is 1. The maximum absolute atomic E-state index is 12.8. The van der Waals surface area contributed by atoms with Gasteiger partial charge in [-0.3, -0.25) is 9.52 Å². The van der Waals surface area contributed by atoms with Gasteiger partial charge in [0.05, 0.1) is 4.90 Å². The van der Waals surface area contributed by atoms with Crippen LogP contribution in [-0.4, -0.2) is 45.9 Å². The molecule has 0 spiro atoms. The molecule has 1 fully saturated rings. The molecule has 0 bridgehead atoms. The maximum atomic E-state index is 12.8. The van der Waals surface area contributed by atoms with Crippen molar-refractivity contribution in [1.82, 2.24) is 10.2 Å². The van der Waals surface area contributed by atoms with Crippen molar-refractivity contribution >= 4 is 34.0 Å². The van der Waals surface area contributed by atoms with Crippen LogP contribution in [0.4, 0.5) is 5.69 Å². The number of aryl methyl sites for hydroxylation is 1. The molecule has 0 aliphatic carbocycles. The summed E-state index contributed by atoms with van der Waals surface area (Å²) in [6.07, 6.45) is 0.958. The number of sulfonamides is 1. The van der Waals surface area contributed by atoms with Crippen molar-refractivity contribution < 1.29 is 13.2 Å². The zero-order chi connectivity index (χ0) is 19.4. The Morgan fingerprint density at radius 2 is 1.89 bits per heavy atom. The normalized spacial score (nSPS) is 16.5. The number of rotatable bonds is 6. The van der Waals surface area contributed by atoms with Crippen LogP contribution in [0.1, 0.15) is 22.3 Å². The first-order valence-corrected chi connectivity index (χ1v) is 10.5. The van der Waals surface area contributed by atoms with E-state index in [1.54, 1.807) is 29.2 Å². The monoisotopic (exact) mass is 423 g/mol. The molecule has 2 aromatic carbocycles. The van der Waals surface area contributed by atoms with Gasteiger partial charge in [0.1, 0.15) is 0 Å². The number of hydrogen-bond acceptors (Lipinski definition) is 4. The van der Waals surface area contributed by atoms with Crippen LogP contribution in [0, 0.1) is 12.8 Å². The number of carbonyl (C=O) groups excluding carboxylic acids is 1. The van der Waals surface area contributed by atoms with E-state index in [2.05, 4.69) is 10.0 Å². The van der Waals surface area contributed by atoms with Gasteiger partial charge >= 0.3 is 0 Å². The standard InChI is InChI=1S/C20H25N3O3S.ClH/c1-15-6-8-18(9-7-15)22-27(25,26)19-5-3-4-17(12-19)20(24)23-11-10-16(14-23)13-21-2;/h3-9,12,16,21-22H,10-11,13-14H2,1-2H3;1H. The predicted octanol–water partition coefficient (Wildman–Crippen LogP) is 2.90. The van der Waals surface area contributed by atoms with Crippen molar-refractivity contribution in [2.24, 2.45) is 5.92 Å². The first kappa shape index (κ1) is 22.2. The first-order valence-electron chi connectivity index (χ1n) is 9.02. The van der Waals surface area contributed by atoms with Crippen molar-refractivity contribution in [2.45, 2.75) is 18.2 Å². The molecular formula is C20H26ClN3O3S. The van der Waals surface area contributed by atoms with Crippen LogP contribution in [0.5, 0.6) is 0 Å². The lowest BCUT2D eigenvalue weighted by molar-refractivity contribution is 0.0787. The number of carbonyl (C=O) groups is 1. The topological polar surface area (TPSA) is 78.5 Å². The van der Waals surface area contributed by atoms with E-state index in [1.165, 1.54) is 12.1 Å². The van der Waals surface area contributed by atoms with Gasteiger partial charge in [-0.2, -0.15) is 0 Å². The molecule has 1 heterocycles. The fraction of sp³-hybridized carbons (Fsp3) is 0.350. The molecule has 152 valence electrons. The smallest absolute Gasteiger partial charge is 0.261 e. The second kappa shape index (κ2) is 9.41. The van der Waals surface area contributed by atoms with Gasteiger partial charge in [-0.05, 0) is 63.2 Å². The molecule has 1 saturated heterocycles. The maximum Gasteiger partial charge on any atom is 0.261 e. The largest absolute Gasteiger partial charge is 0.338 e. The molecule has 0 aromatic heterocycles. The average Bonchev–Trinajstić information content (AvgIpc) is 3.12. The number of amides is 1. The van der Waals surface area contributed by atoms with Crippen molar-refractivity contribution in [3.05, 3.63) is 59.7 Å². The summed E-state index contributed by atoms with van der Waals surface area (Å²) in [6.45, 7) is 4.20. The van der Waals surface area contributed by atoms with E-state index in [-0.39, 0.29) is 23.2 Å². The highest BCUT2D eigenvalue weighted by Gasteiger charge is 2.27. The molecule has 1 aliphatic heterocycles. The summed E-state index contributed by atoms with van der Waals surface area (Å²) in [5.74, 6) is 0.315. The van der Waals surface area contributed by atoms with Crippen molar-refractivity contribution in [1.29, 1.82) is 0 Å². The second-order valence-electron chi connectivity index (χ2n) is 6.96.